The maximum absolute atomic E-state index is 10.6. The van der Waals surface area contributed by atoms with Crippen LogP contribution in [0.4, 0.5) is 0 Å². The number of rotatable bonds is 3. The van der Waals surface area contributed by atoms with Gasteiger partial charge in [-0.3, -0.25) is 0 Å². The van der Waals surface area contributed by atoms with Crippen molar-refractivity contribution in [3.8, 4) is 0 Å². The van der Waals surface area contributed by atoms with Crippen molar-refractivity contribution in [2.75, 3.05) is 6.61 Å². The van der Waals surface area contributed by atoms with Crippen LogP contribution in [0.25, 0.3) is 0 Å². The van der Waals surface area contributed by atoms with E-state index >= 15 is 0 Å². The van der Waals surface area contributed by atoms with Gasteiger partial charge in [-0.2, -0.15) is 5.90 Å². The van der Waals surface area contributed by atoms with E-state index in [1.54, 1.807) is 0 Å². The van der Waals surface area contributed by atoms with E-state index in [0.717, 1.165) is 0 Å². The first-order chi connectivity index (χ1) is 5.07. The van der Waals surface area contributed by atoms with Crippen molar-refractivity contribution in [3.05, 3.63) is 12.2 Å². The number of hydrogen-bond acceptors (Lipinski definition) is 5. The second kappa shape index (κ2) is 4.45. The fourth-order valence-electron chi connectivity index (χ4n) is 0.282. The summed E-state index contributed by atoms with van der Waals surface area (Å²) in [5.41, 5.74) is 0.217. The van der Waals surface area contributed by atoms with E-state index < -0.39 is 18.5 Å². The SMILES string of the molecule is C=C(C)C(=O)OCC(=O)ON. The molecule has 0 spiro atoms. The normalized spacial score (nSPS) is 8.55. The Balaban J connectivity index is 3.63. The van der Waals surface area contributed by atoms with Crippen LogP contribution in [-0.2, 0) is 19.2 Å². The van der Waals surface area contributed by atoms with E-state index in [0.29, 0.717) is 0 Å². The lowest BCUT2D eigenvalue weighted by Crippen LogP contribution is -2.19. The molecule has 2 N–H and O–H groups in total. The molecule has 0 aromatic carbocycles. The molecule has 0 fully saturated rings. The highest BCUT2D eigenvalue weighted by Crippen LogP contribution is 1.91. The van der Waals surface area contributed by atoms with Crippen molar-refractivity contribution in [1.82, 2.24) is 0 Å². The molecule has 0 unspecified atom stereocenters. The van der Waals surface area contributed by atoms with Gasteiger partial charge >= 0.3 is 11.9 Å². The van der Waals surface area contributed by atoms with Gasteiger partial charge in [0.1, 0.15) is 0 Å². The van der Waals surface area contributed by atoms with E-state index in [2.05, 4.69) is 22.1 Å². The number of carbonyl (C=O) groups is 2. The molecule has 11 heavy (non-hydrogen) atoms. The van der Waals surface area contributed by atoms with Gasteiger partial charge in [0.05, 0.1) is 0 Å². The summed E-state index contributed by atoms with van der Waals surface area (Å²) < 4.78 is 4.36. The van der Waals surface area contributed by atoms with Crippen LogP contribution >= 0.6 is 0 Å². The molecule has 62 valence electrons. The van der Waals surface area contributed by atoms with Gasteiger partial charge in [0.15, 0.2) is 6.61 Å². The molecule has 0 aliphatic rings. The quantitative estimate of drug-likeness (QED) is 0.342. The second-order valence-corrected chi connectivity index (χ2v) is 1.85. The molecule has 0 aliphatic heterocycles. The highest BCUT2D eigenvalue weighted by molar-refractivity contribution is 5.88. The maximum Gasteiger partial charge on any atom is 0.362 e. The lowest BCUT2D eigenvalue weighted by Gasteiger charge is -2.00. The third kappa shape index (κ3) is 4.10. The molecule has 0 aliphatic carbocycles. The molecule has 0 saturated carbocycles. The number of esters is 1. The minimum Gasteiger partial charge on any atom is -0.450 e. The Morgan fingerprint density at radius 3 is 2.45 bits per heavy atom. The summed E-state index contributed by atoms with van der Waals surface area (Å²) in [5, 5.41) is 0. The summed E-state index contributed by atoms with van der Waals surface area (Å²) in [4.78, 5) is 24.6. The first kappa shape index (κ1) is 9.64. The second-order valence-electron chi connectivity index (χ2n) is 1.85. The maximum atomic E-state index is 10.6. The highest BCUT2D eigenvalue weighted by Gasteiger charge is 2.07. The molecular formula is C6H9NO4. The molecule has 0 rings (SSSR count). The van der Waals surface area contributed by atoms with Crippen LogP contribution in [0.2, 0.25) is 0 Å². The largest absolute Gasteiger partial charge is 0.450 e. The average Bonchev–Trinajstić information content (AvgIpc) is 1.99. The molecule has 0 saturated heterocycles. The number of ether oxygens (including phenoxy) is 1. The summed E-state index contributed by atoms with van der Waals surface area (Å²) in [6, 6.07) is 0. The molecule has 5 heteroatoms. The van der Waals surface area contributed by atoms with Crippen molar-refractivity contribution < 1.29 is 19.2 Å². The summed E-state index contributed by atoms with van der Waals surface area (Å²) in [7, 11) is 0. The lowest BCUT2D eigenvalue weighted by molar-refractivity contribution is -0.156. The minimum atomic E-state index is -0.806. The highest BCUT2D eigenvalue weighted by atomic mass is 16.7. The van der Waals surface area contributed by atoms with Crippen LogP contribution in [0, 0.1) is 0 Å². The van der Waals surface area contributed by atoms with Gasteiger partial charge in [-0.05, 0) is 6.92 Å². The summed E-state index contributed by atoms with van der Waals surface area (Å²) in [5.74, 6) is 3.02. The fourth-order valence-corrected chi connectivity index (χ4v) is 0.282. The molecule has 0 radical (unpaired) electrons. The monoisotopic (exact) mass is 159 g/mol. The van der Waals surface area contributed by atoms with Crippen molar-refractivity contribution in [1.29, 1.82) is 0 Å². The Labute approximate surface area is 63.7 Å². The number of nitrogens with two attached hydrogens (primary N) is 1. The molecule has 0 aromatic rings. The summed E-state index contributed by atoms with van der Waals surface area (Å²) in [6.07, 6.45) is 0. The molecule has 0 bridgehead atoms. The molecule has 5 nitrogen and oxygen atoms in total. The van der Waals surface area contributed by atoms with Crippen molar-refractivity contribution in [3.63, 3.8) is 0 Å². The predicted molar refractivity (Wildman–Crippen MR) is 36.1 cm³/mol. The Hall–Kier alpha value is -1.36. The van der Waals surface area contributed by atoms with E-state index in [-0.39, 0.29) is 5.57 Å². The van der Waals surface area contributed by atoms with Gasteiger partial charge in [0, 0.05) is 5.57 Å². The van der Waals surface area contributed by atoms with Gasteiger partial charge < -0.3 is 9.57 Å². The zero-order valence-corrected chi connectivity index (χ0v) is 6.12. The smallest absolute Gasteiger partial charge is 0.362 e. The van der Waals surface area contributed by atoms with E-state index in [4.69, 9.17) is 0 Å². The first-order valence-corrected chi connectivity index (χ1v) is 2.80. The fraction of sp³-hybridized carbons (Fsp3) is 0.333. The number of carbonyl (C=O) groups excluding carboxylic acids is 2. The van der Waals surface area contributed by atoms with E-state index in [1.807, 2.05) is 0 Å². The molecule has 0 amide bonds. The molecule has 0 atom stereocenters. The third-order valence-electron chi connectivity index (χ3n) is 0.801. The van der Waals surface area contributed by atoms with Crippen LogP contribution in [0.3, 0.4) is 0 Å². The van der Waals surface area contributed by atoms with Gasteiger partial charge in [-0.1, -0.05) is 6.58 Å². The predicted octanol–water partition coefficient (Wildman–Crippen LogP) is -0.477. The number of hydrogen-bond donors (Lipinski definition) is 1. The Bertz CT molecular complexity index is 187. The van der Waals surface area contributed by atoms with E-state index in [9.17, 15) is 9.59 Å². The topological polar surface area (TPSA) is 78.6 Å². The van der Waals surface area contributed by atoms with Crippen molar-refractivity contribution in [2.24, 2.45) is 5.90 Å². The van der Waals surface area contributed by atoms with Crippen molar-refractivity contribution in [2.45, 2.75) is 6.92 Å². The van der Waals surface area contributed by atoms with Gasteiger partial charge in [0.2, 0.25) is 0 Å². The Kier molecular flexibility index (Phi) is 3.90. The Morgan fingerprint density at radius 1 is 1.55 bits per heavy atom. The lowest BCUT2D eigenvalue weighted by atomic mass is 10.4. The zero-order valence-electron chi connectivity index (χ0n) is 6.12. The van der Waals surface area contributed by atoms with Gasteiger partial charge in [0.25, 0.3) is 0 Å². The van der Waals surface area contributed by atoms with Crippen LogP contribution in [0.1, 0.15) is 6.92 Å². The summed E-state index contributed by atoms with van der Waals surface area (Å²) >= 11 is 0. The van der Waals surface area contributed by atoms with E-state index in [1.165, 1.54) is 6.92 Å². The average molecular weight is 159 g/mol. The van der Waals surface area contributed by atoms with Gasteiger partial charge in [-0.15, -0.1) is 0 Å². The molecular weight excluding hydrogens is 150 g/mol. The molecule has 0 heterocycles. The van der Waals surface area contributed by atoms with Crippen molar-refractivity contribution >= 4 is 11.9 Å². The van der Waals surface area contributed by atoms with Crippen LogP contribution in [0.5, 0.6) is 0 Å². The third-order valence-corrected chi connectivity index (χ3v) is 0.801. The summed E-state index contributed by atoms with van der Waals surface area (Å²) in [6.45, 7) is 4.29. The first-order valence-electron chi connectivity index (χ1n) is 2.80. The zero-order chi connectivity index (χ0) is 8.85. The van der Waals surface area contributed by atoms with Crippen LogP contribution in [-0.4, -0.2) is 18.5 Å². The standard InChI is InChI=1S/C6H9NO4/c1-4(2)6(9)10-3-5(8)11-7/h1,3,7H2,2H3. The van der Waals surface area contributed by atoms with Crippen LogP contribution in [0.15, 0.2) is 12.2 Å². The van der Waals surface area contributed by atoms with Crippen LogP contribution < -0.4 is 5.90 Å². The van der Waals surface area contributed by atoms with Gasteiger partial charge in [-0.25, -0.2) is 9.59 Å². The minimum absolute atomic E-state index is 0.217. The Morgan fingerprint density at radius 2 is 2.09 bits per heavy atom. The molecule has 0 aromatic heterocycles.